The molecular weight excluding hydrogens is 200 g/mol. The van der Waals surface area contributed by atoms with Gasteiger partial charge in [-0.2, -0.15) is 0 Å². The minimum absolute atomic E-state index is 0.0578. The number of nitrogens with one attached hydrogen (secondary N) is 2. The maximum Gasteiger partial charge on any atom is 0.144 e. The lowest BCUT2D eigenvalue weighted by Gasteiger charge is -2.48. The molecule has 2 fully saturated rings. The van der Waals surface area contributed by atoms with Gasteiger partial charge in [0.25, 0.3) is 0 Å². The molecule has 86 valence electrons. The van der Waals surface area contributed by atoms with Crippen molar-refractivity contribution in [3.63, 3.8) is 0 Å². The lowest BCUT2D eigenvalue weighted by molar-refractivity contribution is -0.139. The van der Waals surface area contributed by atoms with E-state index in [0.717, 1.165) is 32.5 Å². The van der Waals surface area contributed by atoms with Gasteiger partial charge in [-0.25, -0.2) is 0 Å². The number of hydrogen-bond donors (Lipinski definition) is 2. The molecule has 0 aromatic heterocycles. The summed E-state index contributed by atoms with van der Waals surface area (Å²) in [6, 6.07) is 11.2. The second kappa shape index (κ2) is 4.17. The normalized spacial score (nSPS) is 27.6. The molecule has 1 aromatic rings. The maximum absolute atomic E-state index is 5.80. The van der Waals surface area contributed by atoms with Gasteiger partial charge in [-0.05, 0) is 18.4 Å². The summed E-state index contributed by atoms with van der Waals surface area (Å²) in [4.78, 5) is 0. The van der Waals surface area contributed by atoms with E-state index in [1.807, 2.05) is 0 Å². The van der Waals surface area contributed by atoms with E-state index in [4.69, 9.17) is 4.74 Å². The van der Waals surface area contributed by atoms with E-state index in [1.54, 1.807) is 0 Å². The molecule has 2 N–H and O–H groups in total. The first kappa shape index (κ1) is 10.3. The first-order valence-electron chi connectivity index (χ1n) is 6.03. The predicted octanol–water partition coefficient (Wildman–Crippen LogP) is 0.907. The van der Waals surface area contributed by atoms with Crippen molar-refractivity contribution < 1.29 is 4.74 Å². The van der Waals surface area contributed by atoms with Crippen LogP contribution in [0.2, 0.25) is 0 Å². The van der Waals surface area contributed by atoms with Crippen LogP contribution in [-0.4, -0.2) is 31.5 Å². The summed E-state index contributed by atoms with van der Waals surface area (Å²) < 4.78 is 5.80. The molecule has 3 nitrogen and oxygen atoms in total. The van der Waals surface area contributed by atoms with Crippen LogP contribution in [-0.2, 0) is 11.2 Å². The zero-order valence-electron chi connectivity index (χ0n) is 9.41. The molecule has 1 aromatic carbocycles. The zero-order chi connectivity index (χ0) is 10.8. The van der Waals surface area contributed by atoms with Crippen LogP contribution in [0.1, 0.15) is 12.0 Å². The first-order valence-corrected chi connectivity index (χ1v) is 6.03. The fourth-order valence-electron chi connectivity index (χ4n) is 2.49. The third kappa shape index (κ3) is 1.98. The van der Waals surface area contributed by atoms with Gasteiger partial charge in [0.15, 0.2) is 0 Å². The van der Waals surface area contributed by atoms with Crippen LogP contribution < -0.4 is 10.6 Å². The molecule has 0 aliphatic carbocycles. The Bertz CT molecular complexity index is 348. The molecule has 2 aliphatic rings. The van der Waals surface area contributed by atoms with Crippen molar-refractivity contribution in [2.45, 2.75) is 24.6 Å². The molecule has 3 rings (SSSR count). The number of hydrogen-bond acceptors (Lipinski definition) is 3. The van der Waals surface area contributed by atoms with Gasteiger partial charge in [-0.3, -0.25) is 5.32 Å². The second-order valence-electron chi connectivity index (χ2n) is 4.77. The number of ether oxygens (including phenoxy) is 1. The quantitative estimate of drug-likeness (QED) is 0.774. The zero-order valence-corrected chi connectivity index (χ0v) is 9.41. The smallest absolute Gasteiger partial charge is 0.144 e. The Labute approximate surface area is 96.2 Å². The fourth-order valence-corrected chi connectivity index (χ4v) is 2.49. The minimum Gasteiger partial charge on any atom is -0.358 e. The fraction of sp³-hybridized carbons (Fsp3) is 0.538. The first-order chi connectivity index (χ1) is 7.86. The SMILES string of the molecule is c1ccc(CC2CCOC3(CNC3)N2)cc1. The van der Waals surface area contributed by atoms with Gasteiger partial charge >= 0.3 is 0 Å². The summed E-state index contributed by atoms with van der Waals surface area (Å²) in [5, 5.41) is 6.90. The van der Waals surface area contributed by atoms with Crippen molar-refractivity contribution in [2.24, 2.45) is 0 Å². The summed E-state index contributed by atoms with van der Waals surface area (Å²) in [6.07, 6.45) is 2.21. The van der Waals surface area contributed by atoms with E-state index in [9.17, 15) is 0 Å². The van der Waals surface area contributed by atoms with Crippen LogP contribution in [0.25, 0.3) is 0 Å². The summed E-state index contributed by atoms with van der Waals surface area (Å²) in [5.41, 5.74) is 1.35. The Morgan fingerprint density at radius 2 is 2.06 bits per heavy atom. The Balaban J connectivity index is 1.63. The number of rotatable bonds is 2. The van der Waals surface area contributed by atoms with E-state index >= 15 is 0 Å². The molecule has 1 atom stereocenters. The topological polar surface area (TPSA) is 33.3 Å². The summed E-state index contributed by atoms with van der Waals surface area (Å²) in [6.45, 7) is 2.77. The van der Waals surface area contributed by atoms with E-state index in [-0.39, 0.29) is 5.72 Å². The standard InChI is InChI=1S/C13H18N2O/c1-2-4-11(5-3-1)8-12-6-7-16-13(15-12)9-14-10-13/h1-5,12,14-15H,6-10H2. The van der Waals surface area contributed by atoms with Crippen molar-refractivity contribution in [1.29, 1.82) is 0 Å². The van der Waals surface area contributed by atoms with Gasteiger partial charge < -0.3 is 10.1 Å². The van der Waals surface area contributed by atoms with Crippen molar-refractivity contribution in [1.82, 2.24) is 10.6 Å². The van der Waals surface area contributed by atoms with E-state index in [2.05, 4.69) is 41.0 Å². The van der Waals surface area contributed by atoms with Gasteiger partial charge in [-0.15, -0.1) is 0 Å². The van der Waals surface area contributed by atoms with Crippen molar-refractivity contribution in [2.75, 3.05) is 19.7 Å². The third-order valence-electron chi connectivity index (χ3n) is 3.46. The second-order valence-corrected chi connectivity index (χ2v) is 4.77. The largest absolute Gasteiger partial charge is 0.358 e. The molecule has 0 amide bonds. The number of benzene rings is 1. The highest BCUT2D eigenvalue weighted by atomic mass is 16.5. The average molecular weight is 218 g/mol. The Kier molecular flexibility index (Phi) is 2.67. The lowest BCUT2D eigenvalue weighted by Crippen LogP contribution is -2.73. The molecule has 0 saturated carbocycles. The van der Waals surface area contributed by atoms with Crippen molar-refractivity contribution >= 4 is 0 Å². The molecule has 2 aliphatic heterocycles. The van der Waals surface area contributed by atoms with E-state index in [0.29, 0.717) is 6.04 Å². The van der Waals surface area contributed by atoms with Gasteiger partial charge in [0.05, 0.1) is 6.61 Å². The molecule has 3 heteroatoms. The average Bonchev–Trinajstić information content (AvgIpc) is 2.29. The van der Waals surface area contributed by atoms with Crippen LogP contribution >= 0.6 is 0 Å². The van der Waals surface area contributed by atoms with Crippen LogP contribution in [0, 0.1) is 0 Å². The Hall–Kier alpha value is -0.900. The third-order valence-corrected chi connectivity index (χ3v) is 3.46. The highest BCUT2D eigenvalue weighted by Gasteiger charge is 2.41. The predicted molar refractivity (Wildman–Crippen MR) is 63.2 cm³/mol. The molecular formula is C13H18N2O. The summed E-state index contributed by atoms with van der Waals surface area (Å²) >= 11 is 0. The molecule has 0 bridgehead atoms. The van der Waals surface area contributed by atoms with Gasteiger partial charge in [0, 0.05) is 19.1 Å². The van der Waals surface area contributed by atoms with Crippen molar-refractivity contribution in [3.8, 4) is 0 Å². The van der Waals surface area contributed by atoms with Crippen LogP contribution in [0.4, 0.5) is 0 Å². The Morgan fingerprint density at radius 3 is 2.75 bits per heavy atom. The van der Waals surface area contributed by atoms with E-state index < -0.39 is 0 Å². The molecule has 1 unspecified atom stereocenters. The Morgan fingerprint density at radius 1 is 1.25 bits per heavy atom. The molecule has 2 heterocycles. The maximum atomic E-state index is 5.80. The van der Waals surface area contributed by atoms with Gasteiger partial charge in [0.2, 0.25) is 0 Å². The minimum atomic E-state index is -0.0578. The van der Waals surface area contributed by atoms with Gasteiger partial charge in [-0.1, -0.05) is 30.3 Å². The highest BCUT2D eigenvalue weighted by molar-refractivity contribution is 5.16. The van der Waals surface area contributed by atoms with E-state index in [1.165, 1.54) is 5.56 Å². The van der Waals surface area contributed by atoms with Crippen LogP contribution in [0.3, 0.4) is 0 Å². The molecule has 2 saturated heterocycles. The lowest BCUT2D eigenvalue weighted by atomic mass is 9.97. The van der Waals surface area contributed by atoms with Crippen LogP contribution in [0.15, 0.2) is 30.3 Å². The summed E-state index contributed by atoms with van der Waals surface area (Å²) in [7, 11) is 0. The monoisotopic (exact) mass is 218 g/mol. The molecule has 1 spiro atoms. The van der Waals surface area contributed by atoms with Crippen LogP contribution in [0.5, 0.6) is 0 Å². The molecule has 0 radical (unpaired) electrons. The van der Waals surface area contributed by atoms with Gasteiger partial charge in [0.1, 0.15) is 5.72 Å². The highest BCUT2D eigenvalue weighted by Crippen LogP contribution is 2.21. The van der Waals surface area contributed by atoms with Crippen molar-refractivity contribution in [3.05, 3.63) is 35.9 Å². The summed E-state index contributed by atoms with van der Waals surface area (Å²) in [5.74, 6) is 0. The molecule has 16 heavy (non-hydrogen) atoms.